The van der Waals surface area contributed by atoms with Crippen LogP contribution in [0.25, 0.3) is 0 Å². The van der Waals surface area contributed by atoms with Gasteiger partial charge in [0.25, 0.3) is 0 Å². The zero-order chi connectivity index (χ0) is 19.9. The quantitative estimate of drug-likeness (QED) is 0.253. The molecule has 1 aliphatic heterocycles. The Bertz CT molecular complexity index is 790. The normalized spacial score (nSPS) is 16.8. The van der Waals surface area contributed by atoms with Gasteiger partial charge >= 0.3 is 0 Å². The zero-order valence-electron chi connectivity index (χ0n) is 18.0. The van der Waals surface area contributed by atoms with Gasteiger partial charge in [-0.25, -0.2) is 0 Å². The lowest BCUT2D eigenvalue weighted by molar-refractivity contribution is 0.474. The summed E-state index contributed by atoms with van der Waals surface area (Å²) in [5, 5.41) is 8.01. The zero-order valence-corrected chi connectivity index (χ0v) is 21.2. The summed E-state index contributed by atoms with van der Waals surface area (Å²) < 4.78 is 1.97. The summed E-state index contributed by atoms with van der Waals surface area (Å²) in [6.45, 7) is 10.3. The second-order valence-electron chi connectivity index (χ2n) is 7.48. The second-order valence-corrected chi connectivity index (χ2v) is 8.58. The third kappa shape index (κ3) is 6.64. The number of hydrogen-bond donors (Lipinski definition) is 1. The number of rotatable bonds is 7. The van der Waals surface area contributed by atoms with Crippen LogP contribution in [-0.2, 0) is 13.5 Å². The van der Waals surface area contributed by atoms with Gasteiger partial charge in [0.05, 0.1) is 5.69 Å². The molecule has 0 saturated carbocycles. The van der Waals surface area contributed by atoms with Crippen molar-refractivity contribution >= 4 is 41.7 Å². The van der Waals surface area contributed by atoms with E-state index in [9.17, 15) is 0 Å². The monoisotopic (exact) mass is 527 g/mol. The SMILES string of the molecule is CCNC(=NCCc1c(C)nn(C)c1C)N1CCC(CSc2ccccc2)C1.I. The standard InChI is InChI=1S/C22H33N5S.HI/c1-5-23-22(24-13-11-21-17(2)25-26(4)18(21)3)27-14-12-19(15-27)16-28-20-9-7-6-8-10-20;/h6-10,19H,5,11-16H2,1-4H3,(H,23,24);1H. The van der Waals surface area contributed by atoms with Gasteiger partial charge in [-0.1, -0.05) is 18.2 Å². The highest BCUT2D eigenvalue weighted by atomic mass is 127. The Morgan fingerprint density at radius 3 is 2.69 bits per heavy atom. The van der Waals surface area contributed by atoms with Crippen LogP contribution in [0.5, 0.6) is 0 Å². The van der Waals surface area contributed by atoms with Crippen molar-refractivity contribution in [1.82, 2.24) is 20.0 Å². The minimum atomic E-state index is 0. The second kappa shape index (κ2) is 11.8. The molecule has 0 bridgehead atoms. The highest BCUT2D eigenvalue weighted by Gasteiger charge is 2.25. The Kier molecular flexibility index (Phi) is 9.82. The van der Waals surface area contributed by atoms with Crippen molar-refractivity contribution in [2.75, 3.05) is 31.9 Å². The number of hydrogen-bond acceptors (Lipinski definition) is 3. The Hall–Kier alpha value is -1.22. The van der Waals surface area contributed by atoms with Crippen LogP contribution < -0.4 is 5.32 Å². The molecule has 0 aliphatic carbocycles. The Morgan fingerprint density at radius 1 is 1.28 bits per heavy atom. The van der Waals surface area contributed by atoms with Crippen LogP contribution in [0.1, 0.15) is 30.3 Å². The van der Waals surface area contributed by atoms with Crippen molar-refractivity contribution in [2.24, 2.45) is 18.0 Å². The summed E-state index contributed by atoms with van der Waals surface area (Å²) in [5.41, 5.74) is 3.71. The molecule has 1 fully saturated rings. The molecule has 1 aromatic heterocycles. The maximum Gasteiger partial charge on any atom is 0.193 e. The number of halogens is 1. The third-order valence-corrected chi connectivity index (χ3v) is 6.68. The number of nitrogens with one attached hydrogen (secondary N) is 1. The molecule has 5 nitrogen and oxygen atoms in total. The number of thioether (sulfide) groups is 1. The van der Waals surface area contributed by atoms with Gasteiger partial charge in [-0.05, 0) is 57.2 Å². The number of aryl methyl sites for hydroxylation is 2. The number of aliphatic imine (C=N–C) groups is 1. The molecule has 2 heterocycles. The lowest BCUT2D eigenvalue weighted by atomic mass is 10.1. The summed E-state index contributed by atoms with van der Waals surface area (Å²) >= 11 is 1.97. The molecular formula is C22H34IN5S. The third-order valence-electron chi connectivity index (χ3n) is 5.43. The van der Waals surface area contributed by atoms with Crippen LogP contribution in [0.4, 0.5) is 0 Å². The van der Waals surface area contributed by atoms with Crippen LogP contribution in [-0.4, -0.2) is 52.6 Å². The van der Waals surface area contributed by atoms with Crippen molar-refractivity contribution < 1.29 is 0 Å². The van der Waals surface area contributed by atoms with Gasteiger partial charge in [0.2, 0.25) is 0 Å². The average Bonchev–Trinajstić information content (AvgIpc) is 3.26. The molecule has 1 saturated heterocycles. The summed E-state index contributed by atoms with van der Waals surface area (Å²) in [6, 6.07) is 10.7. The van der Waals surface area contributed by atoms with E-state index in [0.717, 1.165) is 50.2 Å². The number of nitrogens with zero attached hydrogens (tertiary/aromatic N) is 4. The number of guanidine groups is 1. The molecule has 3 rings (SSSR count). The van der Waals surface area contributed by atoms with Crippen LogP contribution >= 0.6 is 35.7 Å². The van der Waals surface area contributed by atoms with E-state index in [1.54, 1.807) is 0 Å². The van der Waals surface area contributed by atoms with Crippen molar-refractivity contribution in [3.8, 4) is 0 Å². The number of likely N-dealkylation sites (tertiary alicyclic amines) is 1. The molecule has 1 unspecified atom stereocenters. The largest absolute Gasteiger partial charge is 0.357 e. The van der Waals surface area contributed by atoms with Crippen molar-refractivity contribution in [3.63, 3.8) is 0 Å². The lowest BCUT2D eigenvalue weighted by Gasteiger charge is -2.21. The van der Waals surface area contributed by atoms with E-state index in [1.165, 1.54) is 28.3 Å². The first-order valence-electron chi connectivity index (χ1n) is 10.3. The first kappa shape index (κ1) is 24.1. The molecule has 29 heavy (non-hydrogen) atoms. The number of benzene rings is 1. The highest BCUT2D eigenvalue weighted by Crippen LogP contribution is 2.26. The molecule has 7 heteroatoms. The molecule has 1 atom stereocenters. The van der Waals surface area contributed by atoms with Crippen LogP contribution in [0.2, 0.25) is 0 Å². The van der Waals surface area contributed by atoms with Crippen molar-refractivity contribution in [1.29, 1.82) is 0 Å². The average molecular weight is 528 g/mol. The van der Waals surface area contributed by atoms with Crippen LogP contribution in [0, 0.1) is 19.8 Å². The van der Waals surface area contributed by atoms with Crippen molar-refractivity contribution in [2.45, 2.75) is 38.5 Å². The predicted octanol–water partition coefficient (Wildman–Crippen LogP) is 4.28. The molecule has 1 aliphatic rings. The highest BCUT2D eigenvalue weighted by molar-refractivity contribution is 14.0. The van der Waals surface area contributed by atoms with Gasteiger partial charge in [-0.3, -0.25) is 9.67 Å². The molecular weight excluding hydrogens is 493 g/mol. The molecule has 1 N–H and O–H groups in total. The first-order valence-corrected chi connectivity index (χ1v) is 11.3. The van der Waals surface area contributed by atoms with E-state index in [1.807, 2.05) is 23.5 Å². The molecule has 2 aromatic rings. The van der Waals surface area contributed by atoms with Gasteiger partial charge in [0.1, 0.15) is 0 Å². The molecule has 0 radical (unpaired) electrons. The van der Waals surface area contributed by atoms with E-state index < -0.39 is 0 Å². The topological polar surface area (TPSA) is 45.5 Å². The Labute approximate surface area is 196 Å². The van der Waals surface area contributed by atoms with E-state index in [2.05, 4.69) is 66.4 Å². The summed E-state index contributed by atoms with van der Waals surface area (Å²) in [6.07, 6.45) is 2.19. The Balaban J connectivity index is 0.00000300. The van der Waals surface area contributed by atoms with Gasteiger partial charge in [0, 0.05) is 49.6 Å². The fraction of sp³-hybridized carbons (Fsp3) is 0.545. The van der Waals surface area contributed by atoms with Gasteiger partial charge in [0.15, 0.2) is 5.96 Å². The number of aromatic nitrogens is 2. The Morgan fingerprint density at radius 2 is 2.03 bits per heavy atom. The summed E-state index contributed by atoms with van der Waals surface area (Å²) in [4.78, 5) is 8.72. The van der Waals surface area contributed by atoms with E-state index >= 15 is 0 Å². The maximum absolute atomic E-state index is 4.92. The summed E-state index contributed by atoms with van der Waals surface area (Å²) in [5.74, 6) is 2.96. The molecule has 0 spiro atoms. The summed E-state index contributed by atoms with van der Waals surface area (Å²) in [7, 11) is 2.01. The first-order chi connectivity index (χ1) is 13.6. The minimum absolute atomic E-state index is 0. The van der Waals surface area contributed by atoms with E-state index in [-0.39, 0.29) is 24.0 Å². The van der Waals surface area contributed by atoms with Gasteiger partial charge in [-0.15, -0.1) is 35.7 Å². The molecule has 0 amide bonds. The van der Waals surface area contributed by atoms with Gasteiger partial charge in [-0.2, -0.15) is 5.10 Å². The fourth-order valence-corrected chi connectivity index (χ4v) is 4.82. The van der Waals surface area contributed by atoms with Crippen LogP contribution in [0.3, 0.4) is 0 Å². The van der Waals surface area contributed by atoms with Gasteiger partial charge < -0.3 is 10.2 Å². The smallest absolute Gasteiger partial charge is 0.193 e. The maximum atomic E-state index is 4.92. The van der Waals surface area contributed by atoms with E-state index in [0.29, 0.717) is 0 Å². The fourth-order valence-electron chi connectivity index (χ4n) is 3.77. The van der Waals surface area contributed by atoms with Crippen LogP contribution in [0.15, 0.2) is 40.2 Å². The molecule has 160 valence electrons. The molecule has 1 aromatic carbocycles. The minimum Gasteiger partial charge on any atom is -0.357 e. The van der Waals surface area contributed by atoms with E-state index in [4.69, 9.17) is 4.99 Å². The van der Waals surface area contributed by atoms with Crippen molar-refractivity contribution in [3.05, 3.63) is 47.3 Å². The predicted molar refractivity (Wildman–Crippen MR) is 135 cm³/mol. The lowest BCUT2D eigenvalue weighted by Crippen LogP contribution is -2.40.